The molecule has 2 heterocycles. The van der Waals surface area contributed by atoms with Crippen LogP contribution in [0.15, 0.2) is 18.2 Å². The number of morpholine rings is 1. The number of anilines is 1. The normalized spacial score (nSPS) is 23.7. The average molecular weight is 302 g/mol. The fraction of sp³-hybridized carbons (Fsp3) is 0.529. The molecule has 2 aliphatic rings. The maximum Gasteiger partial charge on any atom is 0.254 e. The van der Waals surface area contributed by atoms with Crippen molar-refractivity contribution in [3.8, 4) is 0 Å². The Morgan fingerprint density at radius 1 is 1.36 bits per heavy atom. The minimum atomic E-state index is -0.324. The van der Waals surface area contributed by atoms with Gasteiger partial charge in [-0.25, -0.2) is 0 Å². The second kappa shape index (κ2) is 5.39. The van der Waals surface area contributed by atoms with E-state index in [1.54, 1.807) is 6.07 Å². The van der Waals surface area contributed by atoms with Gasteiger partial charge in [-0.2, -0.15) is 0 Å². The third-order valence-corrected chi connectivity index (χ3v) is 4.10. The summed E-state index contributed by atoms with van der Waals surface area (Å²) in [5.74, 6) is 0.0678. The predicted molar refractivity (Wildman–Crippen MR) is 83.9 cm³/mol. The van der Waals surface area contributed by atoms with E-state index < -0.39 is 0 Å². The monoisotopic (exact) mass is 302 g/mol. The zero-order valence-corrected chi connectivity index (χ0v) is 13.3. The zero-order chi connectivity index (χ0) is 15.9. The molecule has 0 aliphatic carbocycles. The molecule has 0 spiro atoms. The molecule has 1 aromatic rings. The van der Waals surface area contributed by atoms with Crippen LogP contribution in [0, 0.1) is 0 Å². The van der Waals surface area contributed by atoms with Crippen LogP contribution < -0.4 is 5.32 Å². The molecule has 5 nitrogen and oxygen atoms in total. The first-order valence-electron chi connectivity index (χ1n) is 7.74. The highest BCUT2D eigenvalue weighted by molar-refractivity contribution is 5.98. The summed E-state index contributed by atoms with van der Waals surface area (Å²) in [7, 11) is 0. The van der Waals surface area contributed by atoms with Gasteiger partial charge in [0, 0.05) is 30.8 Å². The topological polar surface area (TPSA) is 58.6 Å². The zero-order valence-electron chi connectivity index (χ0n) is 13.3. The number of rotatable bonds is 1. The lowest BCUT2D eigenvalue weighted by Crippen LogP contribution is -2.53. The van der Waals surface area contributed by atoms with Crippen molar-refractivity contribution >= 4 is 17.5 Å². The third-order valence-electron chi connectivity index (χ3n) is 4.10. The predicted octanol–water partition coefficient (Wildman–Crippen LogP) is 2.21. The molecule has 118 valence electrons. The van der Waals surface area contributed by atoms with E-state index in [-0.39, 0.29) is 23.5 Å². The van der Waals surface area contributed by atoms with Crippen LogP contribution in [0.25, 0.3) is 0 Å². The van der Waals surface area contributed by atoms with Crippen LogP contribution in [0.4, 0.5) is 5.69 Å². The molecule has 2 amide bonds. The largest absolute Gasteiger partial charge is 0.369 e. The summed E-state index contributed by atoms with van der Waals surface area (Å²) in [5.41, 5.74) is 2.21. The van der Waals surface area contributed by atoms with E-state index in [2.05, 4.69) is 5.32 Å². The second-order valence-corrected chi connectivity index (χ2v) is 6.79. The van der Waals surface area contributed by atoms with Gasteiger partial charge >= 0.3 is 0 Å². The summed E-state index contributed by atoms with van der Waals surface area (Å²) >= 11 is 0. The molecule has 2 aliphatic heterocycles. The van der Waals surface area contributed by atoms with Crippen LogP contribution >= 0.6 is 0 Å². The molecule has 1 N–H and O–H groups in total. The quantitative estimate of drug-likeness (QED) is 0.865. The van der Waals surface area contributed by atoms with Crippen molar-refractivity contribution in [2.45, 2.75) is 45.3 Å². The molecule has 0 aromatic heterocycles. The molecule has 0 bridgehead atoms. The van der Waals surface area contributed by atoms with E-state index in [1.807, 2.05) is 37.8 Å². The summed E-state index contributed by atoms with van der Waals surface area (Å²) in [4.78, 5) is 26.0. The summed E-state index contributed by atoms with van der Waals surface area (Å²) in [5, 5.41) is 2.84. The van der Waals surface area contributed by atoms with Gasteiger partial charge in [-0.1, -0.05) is 0 Å². The molecule has 5 heteroatoms. The number of carbonyl (C=O) groups excluding carboxylic acids is 2. The van der Waals surface area contributed by atoms with Crippen LogP contribution in [0.5, 0.6) is 0 Å². The highest BCUT2D eigenvalue weighted by Gasteiger charge is 2.34. The maximum absolute atomic E-state index is 12.8. The minimum absolute atomic E-state index is 0.0305. The molecule has 1 saturated heterocycles. The highest BCUT2D eigenvalue weighted by Crippen LogP contribution is 2.26. The SMILES string of the molecule is CC1CN(C(=O)c2ccc3c(c2)CCC(=O)N3)CC(C)(C)O1. The van der Waals surface area contributed by atoms with Gasteiger partial charge in [0.2, 0.25) is 5.91 Å². The molecule has 1 fully saturated rings. The average Bonchev–Trinajstić information content (AvgIpc) is 2.43. The fourth-order valence-electron chi connectivity index (χ4n) is 3.31. The van der Waals surface area contributed by atoms with Gasteiger partial charge in [-0.05, 0) is 51.0 Å². The Hall–Kier alpha value is -1.88. The Morgan fingerprint density at radius 2 is 2.14 bits per heavy atom. The lowest BCUT2D eigenvalue weighted by molar-refractivity contribution is -0.118. The summed E-state index contributed by atoms with van der Waals surface area (Å²) in [6.07, 6.45) is 1.20. The van der Waals surface area contributed by atoms with Crippen molar-refractivity contribution < 1.29 is 14.3 Å². The van der Waals surface area contributed by atoms with Crippen LogP contribution in [0.2, 0.25) is 0 Å². The standard InChI is InChI=1S/C17H22N2O3/c1-11-9-19(10-17(2,3)22-11)16(21)13-4-6-14-12(8-13)5-7-15(20)18-14/h4,6,8,11H,5,7,9-10H2,1-3H3,(H,18,20). The first-order valence-corrected chi connectivity index (χ1v) is 7.74. The van der Waals surface area contributed by atoms with E-state index >= 15 is 0 Å². The lowest BCUT2D eigenvalue weighted by atomic mass is 9.99. The van der Waals surface area contributed by atoms with E-state index in [9.17, 15) is 9.59 Å². The number of aryl methyl sites for hydroxylation is 1. The summed E-state index contributed by atoms with van der Waals surface area (Å²) in [6.45, 7) is 7.19. The van der Waals surface area contributed by atoms with Gasteiger partial charge in [0.25, 0.3) is 5.91 Å². The molecule has 1 atom stereocenters. The Bertz CT molecular complexity index is 624. The number of fused-ring (bicyclic) bond motifs is 1. The lowest BCUT2D eigenvalue weighted by Gasteiger charge is -2.41. The van der Waals surface area contributed by atoms with Crippen molar-refractivity contribution in [3.63, 3.8) is 0 Å². The Kier molecular flexibility index (Phi) is 3.68. The van der Waals surface area contributed by atoms with Crippen LogP contribution in [0.3, 0.4) is 0 Å². The molecular weight excluding hydrogens is 280 g/mol. The molecule has 3 rings (SSSR count). The van der Waals surface area contributed by atoms with E-state index in [0.29, 0.717) is 31.5 Å². The Morgan fingerprint density at radius 3 is 2.86 bits per heavy atom. The smallest absolute Gasteiger partial charge is 0.254 e. The number of hydrogen-bond donors (Lipinski definition) is 1. The minimum Gasteiger partial charge on any atom is -0.369 e. The maximum atomic E-state index is 12.8. The van der Waals surface area contributed by atoms with Gasteiger partial charge in [0.1, 0.15) is 0 Å². The molecule has 1 aromatic carbocycles. The van der Waals surface area contributed by atoms with E-state index in [1.165, 1.54) is 0 Å². The molecule has 0 saturated carbocycles. The third kappa shape index (κ3) is 2.99. The number of nitrogens with one attached hydrogen (secondary N) is 1. The van der Waals surface area contributed by atoms with Gasteiger partial charge in [0.15, 0.2) is 0 Å². The molecule has 22 heavy (non-hydrogen) atoms. The Labute approximate surface area is 130 Å². The van der Waals surface area contributed by atoms with Crippen molar-refractivity contribution in [3.05, 3.63) is 29.3 Å². The molecule has 0 radical (unpaired) electrons. The van der Waals surface area contributed by atoms with Crippen molar-refractivity contribution in [1.29, 1.82) is 0 Å². The van der Waals surface area contributed by atoms with Crippen LogP contribution in [-0.2, 0) is 16.0 Å². The Balaban J connectivity index is 1.82. The first-order chi connectivity index (χ1) is 10.3. The van der Waals surface area contributed by atoms with Gasteiger partial charge in [-0.15, -0.1) is 0 Å². The van der Waals surface area contributed by atoms with Crippen molar-refractivity contribution in [1.82, 2.24) is 4.90 Å². The fourth-order valence-corrected chi connectivity index (χ4v) is 3.31. The molecular formula is C17H22N2O3. The van der Waals surface area contributed by atoms with Crippen molar-refractivity contribution in [2.24, 2.45) is 0 Å². The van der Waals surface area contributed by atoms with E-state index in [0.717, 1.165) is 11.3 Å². The number of carbonyl (C=O) groups is 2. The second-order valence-electron chi connectivity index (χ2n) is 6.79. The number of amides is 2. The van der Waals surface area contributed by atoms with Crippen LogP contribution in [0.1, 0.15) is 43.1 Å². The summed E-state index contributed by atoms with van der Waals surface area (Å²) < 4.78 is 5.85. The number of hydrogen-bond acceptors (Lipinski definition) is 3. The van der Waals surface area contributed by atoms with Gasteiger partial charge in [-0.3, -0.25) is 9.59 Å². The highest BCUT2D eigenvalue weighted by atomic mass is 16.5. The number of ether oxygens (including phenoxy) is 1. The number of nitrogens with zero attached hydrogens (tertiary/aromatic N) is 1. The van der Waals surface area contributed by atoms with Crippen molar-refractivity contribution in [2.75, 3.05) is 18.4 Å². The molecule has 1 unspecified atom stereocenters. The summed E-state index contributed by atoms with van der Waals surface area (Å²) in [6, 6.07) is 5.53. The van der Waals surface area contributed by atoms with Gasteiger partial charge < -0.3 is 15.0 Å². The first kappa shape index (κ1) is 15.0. The van der Waals surface area contributed by atoms with E-state index in [4.69, 9.17) is 4.74 Å². The number of benzene rings is 1. The van der Waals surface area contributed by atoms with Gasteiger partial charge in [0.05, 0.1) is 11.7 Å². The van der Waals surface area contributed by atoms with Crippen LogP contribution in [-0.4, -0.2) is 41.5 Å².